The number of hydrogen-bond acceptors (Lipinski definition) is 6. The lowest BCUT2D eigenvalue weighted by molar-refractivity contribution is -0.0438. The summed E-state index contributed by atoms with van der Waals surface area (Å²) in [6.45, 7) is 2.02. The first-order valence-electron chi connectivity index (χ1n) is 8.46. The van der Waals surface area contributed by atoms with Crippen molar-refractivity contribution in [2.75, 3.05) is 24.7 Å². The number of nitrogens with zero attached hydrogens (tertiary/aromatic N) is 4. The number of rotatable bonds is 2. The minimum atomic E-state index is -0.353. The fraction of sp³-hybridized carbons (Fsp3) is 0.500. The predicted octanol–water partition coefficient (Wildman–Crippen LogP) is 1.87. The van der Waals surface area contributed by atoms with Gasteiger partial charge in [0.1, 0.15) is 11.9 Å². The van der Waals surface area contributed by atoms with Gasteiger partial charge in [-0.15, -0.1) is 0 Å². The van der Waals surface area contributed by atoms with Gasteiger partial charge >= 0.3 is 0 Å². The van der Waals surface area contributed by atoms with Gasteiger partial charge in [0, 0.05) is 36.7 Å². The van der Waals surface area contributed by atoms with Crippen LogP contribution in [-0.4, -0.2) is 47.0 Å². The quantitative estimate of drug-likeness (QED) is 0.908. The summed E-state index contributed by atoms with van der Waals surface area (Å²) in [4.78, 5) is 11.2. The van der Waals surface area contributed by atoms with Crippen molar-refractivity contribution in [3.63, 3.8) is 0 Å². The molecule has 2 fully saturated rings. The molecule has 24 heavy (non-hydrogen) atoms. The van der Waals surface area contributed by atoms with Crippen LogP contribution in [0.2, 0.25) is 0 Å². The molecular formula is C18H20N4O2. The van der Waals surface area contributed by atoms with Crippen LogP contribution in [0.1, 0.15) is 24.8 Å². The molecule has 6 nitrogen and oxygen atoms in total. The van der Waals surface area contributed by atoms with Gasteiger partial charge in [-0.3, -0.25) is 0 Å². The van der Waals surface area contributed by atoms with E-state index in [1.807, 2.05) is 18.2 Å². The lowest BCUT2D eigenvalue weighted by atomic mass is 9.89. The maximum atomic E-state index is 10.4. The average Bonchev–Trinajstić information content (AvgIpc) is 3.10. The van der Waals surface area contributed by atoms with E-state index in [4.69, 9.17) is 4.74 Å². The molecule has 0 amide bonds. The average molecular weight is 324 g/mol. The Morgan fingerprint density at radius 1 is 1.38 bits per heavy atom. The summed E-state index contributed by atoms with van der Waals surface area (Å²) in [6.07, 6.45) is 4.05. The Kier molecular flexibility index (Phi) is 4.05. The van der Waals surface area contributed by atoms with Crippen LogP contribution in [0.15, 0.2) is 24.4 Å². The first kappa shape index (κ1) is 15.3. The molecule has 3 unspecified atom stereocenters. The van der Waals surface area contributed by atoms with Gasteiger partial charge in [-0.05, 0) is 37.5 Å². The van der Waals surface area contributed by atoms with E-state index in [0.29, 0.717) is 36.7 Å². The zero-order chi connectivity index (χ0) is 16.5. The van der Waals surface area contributed by atoms with Gasteiger partial charge in [0.2, 0.25) is 0 Å². The molecule has 2 aromatic rings. The van der Waals surface area contributed by atoms with Gasteiger partial charge in [0.05, 0.1) is 18.3 Å². The molecule has 3 atom stereocenters. The van der Waals surface area contributed by atoms with Crippen LogP contribution in [0.4, 0.5) is 5.82 Å². The van der Waals surface area contributed by atoms with Crippen LogP contribution in [0.25, 0.3) is 11.0 Å². The molecule has 2 aliphatic rings. The van der Waals surface area contributed by atoms with Crippen molar-refractivity contribution in [1.29, 1.82) is 5.26 Å². The Balaban J connectivity index is 1.73. The second-order valence-corrected chi connectivity index (χ2v) is 6.52. The highest BCUT2D eigenvalue weighted by Crippen LogP contribution is 2.34. The Morgan fingerprint density at radius 2 is 2.29 bits per heavy atom. The minimum absolute atomic E-state index is 0.0639. The zero-order valence-electron chi connectivity index (χ0n) is 13.4. The Bertz CT molecular complexity index is 788. The Morgan fingerprint density at radius 3 is 3.12 bits per heavy atom. The standard InChI is InChI=1S/C18H20N4O2/c19-10-13-9-12-3-1-6-20-17(12)21-18(13)22-7-2-4-15(22)14-11-24-8-5-16(14)23/h1,3,6,9,14-16,23H,2,4-5,7-8,11H2. The van der Waals surface area contributed by atoms with E-state index in [1.54, 1.807) is 6.20 Å². The molecule has 4 rings (SSSR count). The van der Waals surface area contributed by atoms with Crippen molar-refractivity contribution in [3.05, 3.63) is 30.0 Å². The number of anilines is 1. The number of ether oxygens (including phenoxy) is 1. The summed E-state index contributed by atoms with van der Waals surface area (Å²) in [5.41, 5.74) is 1.21. The smallest absolute Gasteiger partial charge is 0.161 e. The predicted molar refractivity (Wildman–Crippen MR) is 89.6 cm³/mol. The maximum Gasteiger partial charge on any atom is 0.161 e. The van der Waals surface area contributed by atoms with Crippen molar-refractivity contribution in [3.8, 4) is 6.07 Å². The molecule has 0 aromatic carbocycles. The minimum Gasteiger partial charge on any atom is -0.393 e. The van der Waals surface area contributed by atoms with Gasteiger partial charge in [-0.25, -0.2) is 9.97 Å². The molecule has 124 valence electrons. The lowest BCUT2D eigenvalue weighted by Crippen LogP contribution is -2.46. The van der Waals surface area contributed by atoms with E-state index < -0.39 is 0 Å². The number of aromatic nitrogens is 2. The third-order valence-corrected chi connectivity index (χ3v) is 5.12. The molecule has 4 heterocycles. The summed E-state index contributed by atoms with van der Waals surface area (Å²) in [5, 5.41) is 20.8. The van der Waals surface area contributed by atoms with Crippen molar-refractivity contribution < 1.29 is 9.84 Å². The number of fused-ring (bicyclic) bond motifs is 1. The van der Waals surface area contributed by atoms with Crippen LogP contribution in [0, 0.1) is 17.2 Å². The van der Waals surface area contributed by atoms with Crippen LogP contribution >= 0.6 is 0 Å². The molecule has 0 radical (unpaired) electrons. The van der Waals surface area contributed by atoms with E-state index in [1.165, 1.54) is 0 Å². The van der Waals surface area contributed by atoms with Gasteiger partial charge in [-0.2, -0.15) is 5.26 Å². The van der Waals surface area contributed by atoms with Gasteiger partial charge in [-0.1, -0.05) is 0 Å². The van der Waals surface area contributed by atoms with Crippen molar-refractivity contribution in [1.82, 2.24) is 9.97 Å². The number of aliphatic hydroxyl groups is 1. The van der Waals surface area contributed by atoms with Gasteiger partial charge < -0.3 is 14.7 Å². The molecule has 2 aliphatic heterocycles. The molecule has 6 heteroatoms. The van der Waals surface area contributed by atoms with Gasteiger partial charge in [0.15, 0.2) is 5.65 Å². The van der Waals surface area contributed by atoms with Crippen LogP contribution < -0.4 is 4.90 Å². The molecule has 2 saturated heterocycles. The number of aliphatic hydroxyl groups excluding tert-OH is 1. The molecular weight excluding hydrogens is 304 g/mol. The SMILES string of the molecule is N#Cc1cc2cccnc2nc1N1CCCC1C1COCCC1O. The Labute approximate surface area is 140 Å². The second-order valence-electron chi connectivity index (χ2n) is 6.52. The van der Waals surface area contributed by atoms with Gasteiger partial charge in [0.25, 0.3) is 0 Å². The largest absolute Gasteiger partial charge is 0.393 e. The van der Waals surface area contributed by atoms with Crippen LogP contribution in [0.5, 0.6) is 0 Å². The number of hydrogen-bond donors (Lipinski definition) is 1. The topological polar surface area (TPSA) is 82.3 Å². The zero-order valence-corrected chi connectivity index (χ0v) is 13.4. The Hall–Kier alpha value is -2.23. The summed E-state index contributed by atoms with van der Waals surface area (Å²) in [7, 11) is 0. The summed E-state index contributed by atoms with van der Waals surface area (Å²) in [6, 6.07) is 8.05. The third-order valence-electron chi connectivity index (χ3n) is 5.12. The highest BCUT2D eigenvalue weighted by molar-refractivity contribution is 5.80. The fourth-order valence-corrected chi connectivity index (χ4v) is 3.91. The molecule has 0 spiro atoms. The van der Waals surface area contributed by atoms with Crippen LogP contribution in [0.3, 0.4) is 0 Å². The molecule has 1 N–H and O–H groups in total. The monoisotopic (exact) mass is 324 g/mol. The number of nitriles is 1. The number of pyridine rings is 2. The van der Waals surface area contributed by atoms with E-state index in [0.717, 1.165) is 24.8 Å². The lowest BCUT2D eigenvalue weighted by Gasteiger charge is -2.37. The molecule has 0 aliphatic carbocycles. The van der Waals surface area contributed by atoms with Crippen molar-refractivity contribution >= 4 is 16.9 Å². The first-order valence-corrected chi connectivity index (χ1v) is 8.46. The van der Waals surface area contributed by atoms with E-state index in [-0.39, 0.29) is 18.1 Å². The summed E-state index contributed by atoms with van der Waals surface area (Å²) < 4.78 is 5.59. The normalized spacial score (nSPS) is 27.3. The molecule has 2 aromatic heterocycles. The second kappa shape index (κ2) is 6.34. The van der Waals surface area contributed by atoms with E-state index in [9.17, 15) is 10.4 Å². The third kappa shape index (κ3) is 2.60. The highest BCUT2D eigenvalue weighted by Gasteiger charge is 2.39. The van der Waals surface area contributed by atoms with Crippen molar-refractivity contribution in [2.45, 2.75) is 31.4 Å². The van der Waals surface area contributed by atoms with Crippen LogP contribution in [-0.2, 0) is 4.74 Å². The molecule has 0 saturated carbocycles. The van der Waals surface area contributed by atoms with E-state index >= 15 is 0 Å². The summed E-state index contributed by atoms with van der Waals surface area (Å²) in [5.74, 6) is 0.748. The first-order chi connectivity index (χ1) is 11.8. The maximum absolute atomic E-state index is 10.4. The van der Waals surface area contributed by atoms with Crippen molar-refractivity contribution in [2.24, 2.45) is 5.92 Å². The van der Waals surface area contributed by atoms with E-state index in [2.05, 4.69) is 20.9 Å². The highest BCUT2D eigenvalue weighted by atomic mass is 16.5. The fourth-order valence-electron chi connectivity index (χ4n) is 3.91. The molecule has 0 bridgehead atoms. The summed E-state index contributed by atoms with van der Waals surface area (Å²) >= 11 is 0.